The number of hydrogen-bond donors (Lipinski definition) is 0. The first-order valence-corrected chi connectivity index (χ1v) is 14.7. The van der Waals surface area contributed by atoms with E-state index in [2.05, 4.69) is 6.58 Å². The van der Waals surface area contributed by atoms with E-state index in [0.717, 1.165) is 57.8 Å². The molecule has 0 amide bonds. The molecular weight excluding hydrogens is 392 g/mol. The molecule has 0 unspecified atom stereocenters. The third kappa shape index (κ3) is 8.74. The highest BCUT2D eigenvalue weighted by Crippen LogP contribution is 2.33. The molecule has 0 heterocycles. The molecule has 0 aromatic rings. The van der Waals surface area contributed by atoms with E-state index in [1.54, 1.807) is 0 Å². The molecule has 0 bridgehead atoms. The summed E-state index contributed by atoms with van der Waals surface area (Å²) in [5, 5.41) is 0. The third-order valence-electron chi connectivity index (χ3n) is 6.92. The first-order valence-electron chi connectivity index (χ1n) is 13.1. The Morgan fingerprint density at radius 1 is 0.600 bits per heavy atom. The largest absolute Gasteiger partial charge is 0.680 e. The zero-order valence-corrected chi connectivity index (χ0v) is 20.3. The average Bonchev–Trinajstić information content (AvgIpc) is 2.78. The molecule has 5 heteroatoms. The summed E-state index contributed by atoms with van der Waals surface area (Å²) in [7, 11) is -3.15. The van der Waals surface area contributed by atoms with Crippen LogP contribution in [0.1, 0.15) is 122 Å². The second kappa shape index (κ2) is 14.0. The van der Waals surface area contributed by atoms with Crippen molar-refractivity contribution in [2.75, 3.05) is 6.61 Å². The minimum atomic E-state index is -3.15. The summed E-state index contributed by atoms with van der Waals surface area (Å²) in [6, 6.07) is 0. The monoisotopic (exact) mass is 438 g/mol. The molecule has 3 rings (SSSR count). The van der Waals surface area contributed by atoms with Crippen LogP contribution in [-0.2, 0) is 17.7 Å². The fraction of sp³-hybridized carbons (Fsp3) is 0.920. The van der Waals surface area contributed by atoms with E-state index >= 15 is 0 Å². The fourth-order valence-corrected chi connectivity index (χ4v) is 7.81. The quantitative estimate of drug-likeness (QED) is 0.173. The van der Waals surface area contributed by atoms with Gasteiger partial charge in [0.1, 0.15) is 0 Å². The van der Waals surface area contributed by atoms with E-state index in [4.69, 9.17) is 17.7 Å². The van der Waals surface area contributed by atoms with Crippen molar-refractivity contribution >= 4 is 9.05 Å². The van der Waals surface area contributed by atoms with Gasteiger partial charge in [0.05, 0.1) is 18.3 Å². The van der Waals surface area contributed by atoms with Gasteiger partial charge >= 0.3 is 9.05 Å². The van der Waals surface area contributed by atoms with Crippen molar-refractivity contribution in [1.29, 1.82) is 0 Å². The van der Waals surface area contributed by atoms with Gasteiger partial charge in [-0.3, -0.25) is 0 Å². The van der Waals surface area contributed by atoms with Crippen molar-refractivity contribution in [3.05, 3.63) is 12.7 Å². The van der Waals surface area contributed by atoms with Crippen LogP contribution in [-0.4, -0.2) is 34.0 Å². The van der Waals surface area contributed by atoms with Crippen molar-refractivity contribution in [3.8, 4) is 0 Å². The van der Waals surface area contributed by atoms with Gasteiger partial charge in [0.2, 0.25) is 0 Å². The Morgan fingerprint density at radius 3 is 1.43 bits per heavy atom. The molecule has 30 heavy (non-hydrogen) atoms. The number of hydrogen-bond acceptors (Lipinski definition) is 4. The Morgan fingerprint density at radius 2 is 1.03 bits per heavy atom. The molecule has 3 fully saturated rings. The summed E-state index contributed by atoms with van der Waals surface area (Å²) in [5.41, 5.74) is 0. The van der Waals surface area contributed by atoms with Gasteiger partial charge in [-0.05, 0) is 57.8 Å². The van der Waals surface area contributed by atoms with Gasteiger partial charge < -0.3 is 17.7 Å². The Labute approximate surface area is 186 Å². The summed E-state index contributed by atoms with van der Waals surface area (Å²) >= 11 is 0. The lowest BCUT2D eigenvalue weighted by atomic mass is 9.98. The van der Waals surface area contributed by atoms with Crippen LogP contribution < -0.4 is 0 Å². The van der Waals surface area contributed by atoms with Gasteiger partial charge in [-0.2, -0.15) is 0 Å². The van der Waals surface area contributed by atoms with E-state index in [1.165, 1.54) is 64.2 Å². The highest BCUT2D eigenvalue weighted by Gasteiger charge is 2.51. The van der Waals surface area contributed by atoms with Gasteiger partial charge in [0.25, 0.3) is 0 Å². The number of allylic oxidation sites excluding steroid dienone is 1. The molecule has 3 saturated carbocycles. The molecule has 174 valence electrons. The summed E-state index contributed by atoms with van der Waals surface area (Å²) in [5.74, 6) is 0. The summed E-state index contributed by atoms with van der Waals surface area (Å²) < 4.78 is 26.9. The maximum Gasteiger partial charge on any atom is 0.680 e. The Hall–Kier alpha value is -0.203. The molecule has 3 aliphatic rings. The maximum atomic E-state index is 6.77. The molecule has 0 saturated heterocycles. The van der Waals surface area contributed by atoms with Crippen LogP contribution in [0.4, 0.5) is 0 Å². The van der Waals surface area contributed by atoms with Crippen LogP contribution in [0, 0.1) is 0 Å². The SMILES string of the molecule is C=CCCCCCO[Si](OC1CCCCC1)(OC1CCCCC1)OC1CCCCC1. The zero-order valence-electron chi connectivity index (χ0n) is 19.3. The molecule has 4 nitrogen and oxygen atoms in total. The summed E-state index contributed by atoms with van der Waals surface area (Å²) in [6.07, 6.45) is 25.5. The van der Waals surface area contributed by atoms with E-state index in [-0.39, 0.29) is 18.3 Å². The van der Waals surface area contributed by atoms with Crippen LogP contribution in [0.2, 0.25) is 0 Å². The predicted octanol–water partition coefficient (Wildman–Crippen LogP) is 7.23. The second-order valence-electron chi connectivity index (χ2n) is 9.62. The normalized spacial score (nSPS) is 22.9. The van der Waals surface area contributed by atoms with E-state index in [9.17, 15) is 0 Å². The minimum absolute atomic E-state index is 0.248. The number of rotatable bonds is 13. The van der Waals surface area contributed by atoms with Crippen LogP contribution in [0.3, 0.4) is 0 Å². The second-order valence-corrected chi connectivity index (χ2v) is 11.6. The smallest absolute Gasteiger partial charge is 0.351 e. The van der Waals surface area contributed by atoms with Gasteiger partial charge in [0.15, 0.2) is 0 Å². The highest BCUT2D eigenvalue weighted by molar-refractivity contribution is 6.53. The van der Waals surface area contributed by atoms with E-state index < -0.39 is 9.05 Å². The van der Waals surface area contributed by atoms with Crippen LogP contribution in [0.15, 0.2) is 12.7 Å². The summed E-state index contributed by atoms with van der Waals surface area (Å²) in [6.45, 7) is 4.52. The zero-order chi connectivity index (χ0) is 20.9. The molecule has 3 aliphatic carbocycles. The van der Waals surface area contributed by atoms with Crippen molar-refractivity contribution in [1.82, 2.24) is 0 Å². The highest BCUT2D eigenvalue weighted by atomic mass is 28.4. The molecule has 0 aromatic heterocycles. The molecule has 0 N–H and O–H groups in total. The maximum absolute atomic E-state index is 6.77. The topological polar surface area (TPSA) is 36.9 Å². The molecule has 0 radical (unpaired) electrons. The molecule has 0 atom stereocenters. The van der Waals surface area contributed by atoms with Crippen LogP contribution >= 0.6 is 0 Å². The Bertz CT molecular complexity index is 404. The average molecular weight is 439 g/mol. The third-order valence-corrected chi connectivity index (χ3v) is 9.34. The lowest BCUT2D eigenvalue weighted by Gasteiger charge is -2.39. The summed E-state index contributed by atoms with van der Waals surface area (Å²) in [4.78, 5) is 0. The molecule has 0 aliphatic heterocycles. The molecular formula is C25H46O4Si. The van der Waals surface area contributed by atoms with Crippen molar-refractivity contribution < 1.29 is 17.7 Å². The molecule has 0 spiro atoms. The van der Waals surface area contributed by atoms with Crippen LogP contribution in [0.5, 0.6) is 0 Å². The Kier molecular flexibility index (Phi) is 11.4. The first kappa shape index (κ1) is 24.4. The van der Waals surface area contributed by atoms with Crippen molar-refractivity contribution in [2.45, 2.75) is 140 Å². The first-order chi connectivity index (χ1) is 14.8. The van der Waals surface area contributed by atoms with Gasteiger partial charge in [-0.1, -0.05) is 70.3 Å². The predicted molar refractivity (Wildman–Crippen MR) is 124 cm³/mol. The standard InChI is InChI=1S/C25H46O4Si/c1-2-3-4-5-15-22-26-30(27-23-16-9-6-10-17-23,28-24-18-11-7-12-19-24)29-25-20-13-8-14-21-25/h2,23-25H,1,3-22H2. The van der Waals surface area contributed by atoms with Gasteiger partial charge in [-0.15, -0.1) is 6.58 Å². The van der Waals surface area contributed by atoms with E-state index in [1.807, 2.05) is 6.08 Å². The number of unbranched alkanes of at least 4 members (excludes halogenated alkanes) is 3. The van der Waals surface area contributed by atoms with Crippen molar-refractivity contribution in [2.24, 2.45) is 0 Å². The minimum Gasteiger partial charge on any atom is -0.351 e. The van der Waals surface area contributed by atoms with Crippen molar-refractivity contribution in [3.63, 3.8) is 0 Å². The lowest BCUT2D eigenvalue weighted by molar-refractivity contribution is -0.105. The van der Waals surface area contributed by atoms with E-state index in [0.29, 0.717) is 6.61 Å². The van der Waals surface area contributed by atoms with Crippen LogP contribution in [0.25, 0.3) is 0 Å². The fourth-order valence-electron chi connectivity index (χ4n) is 5.11. The van der Waals surface area contributed by atoms with Gasteiger partial charge in [0, 0.05) is 6.61 Å². The Balaban J connectivity index is 1.66. The van der Waals surface area contributed by atoms with Gasteiger partial charge in [-0.25, -0.2) is 0 Å². The molecule has 0 aromatic carbocycles. The lowest BCUT2D eigenvalue weighted by Crippen LogP contribution is -2.56.